The first kappa shape index (κ1) is 93.0. The number of alkyl carbamates (subject to hydrolysis) is 1. The van der Waals surface area contributed by atoms with Crippen LogP contribution >= 0.6 is 22.6 Å². The summed E-state index contributed by atoms with van der Waals surface area (Å²) in [5.74, 6) is -3.87. The van der Waals surface area contributed by atoms with Crippen molar-refractivity contribution in [1.82, 2.24) is 10.6 Å². The summed E-state index contributed by atoms with van der Waals surface area (Å²) in [6.45, 7) is 12.6. The Morgan fingerprint density at radius 2 is 1.12 bits per heavy atom. The highest BCUT2D eigenvalue weighted by atomic mass is 127. The van der Waals surface area contributed by atoms with Crippen molar-refractivity contribution in [3.63, 3.8) is 0 Å². The molecule has 3 saturated carbocycles. The Hall–Kier alpha value is -3.26. The summed E-state index contributed by atoms with van der Waals surface area (Å²) in [6.07, 6.45) is -42.2. The minimum atomic E-state index is -2.23. The topological polar surface area (TPSA) is 584 Å². The van der Waals surface area contributed by atoms with Gasteiger partial charge in [-0.05, 0) is 105 Å². The van der Waals surface area contributed by atoms with Gasteiger partial charge in [0.1, 0.15) is 116 Å². The number of carbonyl (C=O) groups excluding carboxylic acids is 3. The van der Waals surface area contributed by atoms with E-state index >= 15 is 4.79 Å². The van der Waals surface area contributed by atoms with Crippen molar-refractivity contribution in [2.45, 2.75) is 365 Å². The van der Waals surface area contributed by atoms with E-state index < -0.39 is 277 Å². The maximum Gasteiger partial charge on any atom is 0.410 e. The molecule has 0 radical (unpaired) electrons. The summed E-state index contributed by atoms with van der Waals surface area (Å²) in [4.78, 5) is 67.3. The molecule has 0 aromatic rings. The van der Waals surface area contributed by atoms with Gasteiger partial charge >= 0.3 is 18.0 Å². The number of amides is 2. The van der Waals surface area contributed by atoms with Crippen molar-refractivity contribution in [1.29, 1.82) is 0 Å². The second-order valence-electron chi connectivity index (χ2n) is 35.2. The fourth-order valence-corrected chi connectivity index (χ4v) is 21.5. The zero-order valence-corrected chi connectivity index (χ0v) is 67.8. The number of aliphatic carboxylic acids is 2. The molecule has 20 N–H and O–H groups in total. The zero-order chi connectivity index (χ0) is 83.8. The molecule has 0 bridgehead atoms. The molecule has 6 heterocycles. The number of aldehydes is 1. The van der Waals surface area contributed by atoms with Crippen molar-refractivity contribution in [2.75, 3.05) is 26.4 Å². The smallest absolute Gasteiger partial charge is 0.410 e. The van der Waals surface area contributed by atoms with E-state index in [0.717, 1.165) is 44.0 Å². The largest absolute Gasteiger partial charge is 0.481 e. The number of rotatable bonds is 30. The molecule has 0 aromatic carbocycles. The number of nitrogens with one attached hydrogen (secondary N) is 2. The van der Waals surface area contributed by atoms with Gasteiger partial charge in [0.2, 0.25) is 12.2 Å². The Bertz CT molecular complexity index is 3250. The van der Waals surface area contributed by atoms with Gasteiger partial charge in [0.15, 0.2) is 43.7 Å². The maximum absolute atomic E-state index is 15.3. The van der Waals surface area contributed by atoms with Crippen molar-refractivity contribution in [3.8, 4) is 0 Å². The van der Waals surface area contributed by atoms with Crippen LogP contribution in [0, 0.1) is 38.9 Å². The van der Waals surface area contributed by atoms with Gasteiger partial charge in [-0.1, -0.05) is 121 Å². The van der Waals surface area contributed by atoms with Crippen LogP contribution in [0.2, 0.25) is 0 Å². The van der Waals surface area contributed by atoms with Crippen LogP contribution in [0.5, 0.6) is 0 Å². The van der Waals surface area contributed by atoms with Crippen LogP contribution in [0.1, 0.15) is 171 Å². The van der Waals surface area contributed by atoms with Gasteiger partial charge in [0, 0.05) is 12.8 Å². The second-order valence-corrected chi connectivity index (χ2v) is 36.5. The number of aliphatic hydroxyl groups is 16. The fourth-order valence-electron chi connectivity index (χ4n) is 19.7. The summed E-state index contributed by atoms with van der Waals surface area (Å²) < 4.78 is 71.7. The molecule has 2 amide bonds. The highest BCUT2D eigenvalue weighted by molar-refractivity contribution is 14.1. The molecule has 38 atom stereocenters. The summed E-state index contributed by atoms with van der Waals surface area (Å²) >= 11 is 2.26. The molecule has 114 heavy (non-hydrogen) atoms. The first-order valence-corrected chi connectivity index (χ1v) is 41.2. The van der Waals surface area contributed by atoms with E-state index in [1.54, 1.807) is 6.92 Å². The Labute approximate surface area is 674 Å². The molecule has 9 fully saturated rings. The number of aliphatic hydroxyl groups excluding tert-OH is 16. The van der Waals surface area contributed by atoms with E-state index in [-0.39, 0.29) is 38.0 Å². The molecular formula is C76H123IN2O35. The van der Waals surface area contributed by atoms with Gasteiger partial charge in [-0.3, -0.25) is 9.59 Å². The number of hydrogen-bond donors (Lipinski definition) is 20. The molecule has 0 aromatic heterocycles. The van der Waals surface area contributed by atoms with Gasteiger partial charge in [-0.15, -0.1) is 0 Å². The van der Waals surface area contributed by atoms with Crippen molar-refractivity contribution >= 4 is 52.8 Å². The van der Waals surface area contributed by atoms with E-state index in [4.69, 9.17) is 61.9 Å². The van der Waals surface area contributed by atoms with E-state index in [1.807, 2.05) is 20.8 Å². The molecule has 4 aliphatic carbocycles. The molecule has 38 heteroatoms. The number of allylic oxidation sites excluding steroid dienone is 1. The Balaban J connectivity index is 0.898. The van der Waals surface area contributed by atoms with Crippen molar-refractivity contribution in [2.24, 2.45) is 38.9 Å². The summed E-state index contributed by atoms with van der Waals surface area (Å²) in [6, 6.07) is -1.47. The molecule has 10 rings (SSSR count). The molecule has 0 spiro atoms. The minimum Gasteiger partial charge on any atom is -0.481 e. The number of ether oxygens (including phenoxy) is 12. The third-order valence-electron chi connectivity index (χ3n) is 26.7. The SMILES string of the molecule is CC1O[C@@H](OC2C(O)[C@@H](NC(=O)CCCCCCCCCCC(=O)O)C(CO)O[C@@H]2OC(=O)N[C@@]2(CCC(C)(C)C)C(O)CC3(C)C(=CCC4C5(C)CC[C@H](O[C@@H]6OC(C(=O)O)[C@@H](O)C(O[C@@H]7OC[C@@H](O)C(O)C7O)C6O[C@@H]6OC(CO)[C@H](O)C(O)C6O)C(C)(C=O)C5CCC43C)C2I)C(O)C(O)[C@H]1O[C@@H]1OC[C@@H](O)C(O)C1O. The molecule has 24 unspecified atom stereocenters. The maximum atomic E-state index is 15.3. The van der Waals surface area contributed by atoms with Gasteiger partial charge in [-0.2, -0.15) is 0 Å². The number of fused-ring (bicyclic) bond motifs is 5. The fraction of sp³-hybridized carbons (Fsp3) is 0.908. The summed E-state index contributed by atoms with van der Waals surface area (Å²) in [5.41, 5.74) is -4.73. The quantitative estimate of drug-likeness (QED) is 0.00924. The second kappa shape index (κ2) is 38.0. The molecule has 654 valence electrons. The average Bonchev–Trinajstić information content (AvgIpc) is 0.675. The van der Waals surface area contributed by atoms with Crippen LogP contribution in [0.3, 0.4) is 0 Å². The number of halogens is 1. The normalized spacial score (nSPS) is 47.2. The average molecular weight is 1750 g/mol. The molecule has 37 nitrogen and oxygen atoms in total. The van der Waals surface area contributed by atoms with Crippen LogP contribution in [0.4, 0.5) is 4.79 Å². The number of carboxylic acids is 2. The highest BCUT2D eigenvalue weighted by Gasteiger charge is 2.71. The Morgan fingerprint density at radius 1 is 0.579 bits per heavy atom. The van der Waals surface area contributed by atoms with E-state index in [1.165, 1.54) is 6.92 Å². The van der Waals surface area contributed by atoms with Gasteiger partial charge in [0.05, 0.1) is 65.7 Å². The molecular weight excluding hydrogens is 1630 g/mol. The van der Waals surface area contributed by atoms with Crippen molar-refractivity contribution < 1.29 is 173 Å². The number of alkyl halides is 1. The molecule has 6 saturated heterocycles. The lowest BCUT2D eigenvalue weighted by atomic mass is 9.35. The molecule has 10 aliphatic rings. The third-order valence-corrected chi connectivity index (χ3v) is 28.5. The lowest BCUT2D eigenvalue weighted by Gasteiger charge is -2.70. The van der Waals surface area contributed by atoms with Gasteiger partial charge < -0.3 is 164 Å². The predicted molar refractivity (Wildman–Crippen MR) is 396 cm³/mol. The summed E-state index contributed by atoms with van der Waals surface area (Å²) in [7, 11) is 0. The van der Waals surface area contributed by atoms with Gasteiger partial charge in [0.25, 0.3) is 0 Å². The first-order chi connectivity index (χ1) is 53.6. The lowest BCUT2D eigenvalue weighted by molar-refractivity contribution is -0.391. The molecule has 6 aliphatic heterocycles. The zero-order valence-electron chi connectivity index (χ0n) is 65.6. The third kappa shape index (κ3) is 19.0. The lowest BCUT2D eigenvalue weighted by Crippen LogP contribution is -2.72. The van der Waals surface area contributed by atoms with Crippen LogP contribution in [0.15, 0.2) is 11.6 Å². The number of unbranched alkanes of at least 4 members (excludes halogenated alkanes) is 7. The Morgan fingerprint density at radius 3 is 1.70 bits per heavy atom. The van der Waals surface area contributed by atoms with Crippen LogP contribution in [-0.4, -0.2) is 342 Å². The number of hydrogen-bond acceptors (Lipinski definition) is 33. The number of carboxylic acid groups (broad SMARTS) is 2. The summed E-state index contributed by atoms with van der Waals surface area (Å²) in [5, 5.41) is 203. The van der Waals surface area contributed by atoms with E-state index in [0.29, 0.717) is 51.4 Å². The Kier molecular flexibility index (Phi) is 31.0. The van der Waals surface area contributed by atoms with E-state index in [9.17, 15) is 106 Å². The minimum absolute atomic E-state index is 0.0176. The standard InChI is InChI=1S/C76H123IN2O35/c1-33-57(109-64-52(95)46(89)35(83)30-103-64)51(94)55(98)66(105-33)112-60-49(92)45(78-43(86)17-15-13-11-9-10-12-14-16-18-44(87)88)37(28-80)106-68(60)114-70(102)79-76(26-25-71(2,3)4)41(85)27-75(8)34(62(76)77)19-20-40-72(5)23-22-42(73(6,32-82)39(72)21-24-74(40,75)7)108-69-61(113-67-54(97)50(93)48(91)38(29-81)107-67)58(56(99)59(111-69)63(100)101)110-65-53(96)47(90)36(84)31-104-65/h19,32-33,35-42,45-62,64-69,80-81,83-85,89-99H,9-18,20-31H2,1-8H3,(H,78,86)(H,79,102)(H,87,88)(H,100,101)/t33?,35-,36-,37?,38?,39?,40?,41?,42+,45+,46?,47?,48+,49?,50?,51?,52?,53?,54?,55?,56+,57+,58?,59?,60?,61?,62?,64+,65+,66+,67+,68-,69-,72?,73?,74?,75?,76+/m1/s1. The van der Waals surface area contributed by atoms with Crippen LogP contribution in [-0.2, 0) is 76.0 Å². The number of carbonyl (C=O) groups is 5. The predicted octanol–water partition coefficient (Wildman–Crippen LogP) is -1.99. The van der Waals surface area contributed by atoms with E-state index in [2.05, 4.69) is 60.1 Å². The highest BCUT2D eigenvalue weighted by Crippen LogP contribution is 2.74. The van der Waals surface area contributed by atoms with Crippen molar-refractivity contribution in [3.05, 3.63) is 11.6 Å². The first-order valence-electron chi connectivity index (χ1n) is 40.0. The van der Waals surface area contributed by atoms with Crippen LogP contribution in [0.25, 0.3) is 0 Å². The monoisotopic (exact) mass is 1750 g/mol. The van der Waals surface area contributed by atoms with Gasteiger partial charge in [-0.25, -0.2) is 9.59 Å². The van der Waals surface area contributed by atoms with Crippen LogP contribution < -0.4 is 10.6 Å².